The minimum absolute atomic E-state index is 0.0649. The van der Waals surface area contributed by atoms with E-state index in [1.165, 1.54) is 0 Å². The number of nitrogens with zero attached hydrogens (tertiary/aromatic N) is 5. The van der Waals surface area contributed by atoms with Crippen molar-refractivity contribution in [1.29, 1.82) is 5.26 Å². The number of amides is 1. The maximum absolute atomic E-state index is 12.9. The Kier molecular flexibility index (Phi) is 6.10. The van der Waals surface area contributed by atoms with Crippen molar-refractivity contribution in [3.8, 4) is 6.07 Å². The number of hydrogen-bond donors (Lipinski definition) is 0. The number of aryl methyl sites for hydroxylation is 1. The molecule has 1 saturated heterocycles. The Morgan fingerprint density at radius 1 is 1.17 bits per heavy atom. The molecule has 8 heteroatoms. The second-order valence-electron chi connectivity index (χ2n) is 7.17. The van der Waals surface area contributed by atoms with Crippen LogP contribution in [0.5, 0.6) is 0 Å². The van der Waals surface area contributed by atoms with Crippen molar-refractivity contribution >= 4 is 23.4 Å². The number of furan rings is 1. The number of benzene rings is 1. The number of thioether (sulfide) groups is 1. The van der Waals surface area contributed by atoms with Gasteiger partial charge in [-0.2, -0.15) is 5.26 Å². The van der Waals surface area contributed by atoms with Crippen LogP contribution in [-0.4, -0.2) is 46.5 Å². The molecule has 7 nitrogen and oxygen atoms in total. The van der Waals surface area contributed by atoms with Crippen LogP contribution in [0.15, 0.2) is 58.4 Å². The van der Waals surface area contributed by atoms with Crippen molar-refractivity contribution in [2.24, 2.45) is 7.05 Å². The summed E-state index contributed by atoms with van der Waals surface area (Å²) in [5, 5.41) is 9.87. The molecule has 1 amide bonds. The summed E-state index contributed by atoms with van der Waals surface area (Å²) < 4.78 is 7.78. The van der Waals surface area contributed by atoms with Crippen molar-refractivity contribution in [1.82, 2.24) is 14.5 Å². The van der Waals surface area contributed by atoms with Gasteiger partial charge < -0.3 is 18.8 Å². The molecule has 0 spiro atoms. The van der Waals surface area contributed by atoms with Gasteiger partial charge in [0.25, 0.3) is 5.91 Å². The van der Waals surface area contributed by atoms with Crippen LogP contribution in [0.25, 0.3) is 0 Å². The molecule has 0 atom stereocenters. The molecule has 4 rings (SSSR count). The summed E-state index contributed by atoms with van der Waals surface area (Å²) in [6, 6.07) is 13.4. The number of anilines is 1. The van der Waals surface area contributed by atoms with E-state index in [1.807, 2.05) is 53.0 Å². The lowest BCUT2D eigenvalue weighted by Crippen LogP contribution is -2.35. The first-order valence-electron chi connectivity index (χ1n) is 9.87. The van der Waals surface area contributed by atoms with Gasteiger partial charge in [-0.3, -0.25) is 4.79 Å². The highest BCUT2D eigenvalue weighted by Crippen LogP contribution is 2.23. The third-order valence-electron chi connectivity index (χ3n) is 5.14. The first-order valence-corrected chi connectivity index (χ1v) is 10.9. The fraction of sp³-hybridized carbons (Fsp3) is 0.318. The van der Waals surface area contributed by atoms with Gasteiger partial charge in [0.2, 0.25) is 0 Å². The molecule has 1 aliphatic heterocycles. The smallest absolute Gasteiger partial charge is 0.289 e. The SMILES string of the molecule is Cn1ccnc1SCc1ccc(C(=O)N2CCCN(c3ccc(C#N)cc3)CC2)o1. The first kappa shape index (κ1) is 20.1. The predicted molar refractivity (Wildman–Crippen MR) is 115 cm³/mol. The third-order valence-corrected chi connectivity index (χ3v) is 6.22. The molecule has 0 unspecified atom stereocenters. The Labute approximate surface area is 179 Å². The van der Waals surface area contributed by atoms with E-state index in [0.29, 0.717) is 30.2 Å². The van der Waals surface area contributed by atoms with Crippen molar-refractivity contribution in [2.45, 2.75) is 17.3 Å². The van der Waals surface area contributed by atoms with E-state index in [2.05, 4.69) is 16.0 Å². The number of aromatic nitrogens is 2. The zero-order chi connectivity index (χ0) is 20.9. The summed E-state index contributed by atoms with van der Waals surface area (Å²) in [6.45, 7) is 2.96. The second-order valence-corrected chi connectivity index (χ2v) is 8.11. The molecule has 1 aromatic carbocycles. The summed E-state index contributed by atoms with van der Waals surface area (Å²) >= 11 is 1.58. The Hall–Kier alpha value is -3.18. The summed E-state index contributed by atoms with van der Waals surface area (Å²) in [6.07, 6.45) is 4.55. The largest absolute Gasteiger partial charge is 0.455 e. The van der Waals surface area contributed by atoms with E-state index in [0.717, 1.165) is 36.1 Å². The standard InChI is InChI=1S/C22H23N5O2S/c1-25-12-9-24-22(25)30-16-19-7-8-20(29-19)21(28)27-11-2-10-26(13-14-27)18-5-3-17(15-23)4-6-18/h3-9,12H,2,10-11,13-14,16H2,1H3. The Bertz CT molecular complexity index is 1050. The van der Waals surface area contributed by atoms with E-state index in [-0.39, 0.29) is 5.91 Å². The summed E-state index contributed by atoms with van der Waals surface area (Å²) in [5.74, 6) is 1.72. The molecule has 0 aliphatic carbocycles. The van der Waals surface area contributed by atoms with Gasteiger partial charge in [-0.15, -0.1) is 0 Å². The topological polar surface area (TPSA) is 78.3 Å². The molecule has 0 radical (unpaired) electrons. The molecule has 0 saturated carbocycles. The Balaban J connectivity index is 1.35. The van der Waals surface area contributed by atoms with E-state index < -0.39 is 0 Å². The Morgan fingerprint density at radius 2 is 2.00 bits per heavy atom. The quantitative estimate of drug-likeness (QED) is 0.587. The van der Waals surface area contributed by atoms with Crippen LogP contribution in [0.1, 0.15) is 28.3 Å². The molecule has 1 fully saturated rings. The van der Waals surface area contributed by atoms with Crippen molar-refractivity contribution in [2.75, 3.05) is 31.1 Å². The van der Waals surface area contributed by atoms with Crippen LogP contribution < -0.4 is 4.90 Å². The highest BCUT2D eigenvalue weighted by molar-refractivity contribution is 7.98. The monoisotopic (exact) mass is 421 g/mol. The molecule has 30 heavy (non-hydrogen) atoms. The predicted octanol–water partition coefficient (Wildman–Crippen LogP) is 3.53. The van der Waals surface area contributed by atoms with Crippen LogP contribution in [-0.2, 0) is 12.8 Å². The van der Waals surface area contributed by atoms with Crippen LogP contribution in [0.2, 0.25) is 0 Å². The molecular weight excluding hydrogens is 398 g/mol. The van der Waals surface area contributed by atoms with Gasteiger partial charge in [0.05, 0.1) is 17.4 Å². The van der Waals surface area contributed by atoms with Gasteiger partial charge in [0, 0.05) is 51.3 Å². The van der Waals surface area contributed by atoms with Crippen molar-refractivity contribution in [3.05, 3.63) is 65.9 Å². The number of hydrogen-bond acceptors (Lipinski definition) is 6. The zero-order valence-corrected chi connectivity index (χ0v) is 17.6. The molecule has 3 heterocycles. The molecular formula is C22H23N5O2S. The minimum Gasteiger partial charge on any atom is -0.455 e. The number of rotatable bonds is 5. The number of imidazole rings is 1. The lowest BCUT2D eigenvalue weighted by atomic mass is 10.2. The molecule has 2 aromatic heterocycles. The molecule has 3 aromatic rings. The van der Waals surface area contributed by atoms with Gasteiger partial charge in [0.1, 0.15) is 5.76 Å². The maximum Gasteiger partial charge on any atom is 0.289 e. The van der Waals surface area contributed by atoms with E-state index in [1.54, 1.807) is 24.0 Å². The van der Waals surface area contributed by atoms with E-state index in [4.69, 9.17) is 9.68 Å². The highest BCUT2D eigenvalue weighted by atomic mass is 32.2. The third kappa shape index (κ3) is 4.52. The van der Waals surface area contributed by atoms with Gasteiger partial charge >= 0.3 is 0 Å². The molecule has 1 aliphatic rings. The minimum atomic E-state index is -0.0649. The summed E-state index contributed by atoms with van der Waals surface area (Å²) in [7, 11) is 1.95. The van der Waals surface area contributed by atoms with Crippen molar-refractivity contribution in [3.63, 3.8) is 0 Å². The van der Waals surface area contributed by atoms with Crippen molar-refractivity contribution < 1.29 is 9.21 Å². The normalized spacial score (nSPS) is 14.4. The summed E-state index contributed by atoms with van der Waals surface area (Å²) in [4.78, 5) is 21.3. The van der Waals surface area contributed by atoms with Crippen LogP contribution in [0.4, 0.5) is 5.69 Å². The highest BCUT2D eigenvalue weighted by Gasteiger charge is 2.23. The van der Waals surface area contributed by atoms with E-state index in [9.17, 15) is 4.79 Å². The number of carbonyl (C=O) groups is 1. The second kappa shape index (κ2) is 9.09. The fourth-order valence-corrected chi connectivity index (χ4v) is 4.30. The zero-order valence-electron chi connectivity index (χ0n) is 16.8. The van der Waals surface area contributed by atoms with Gasteiger partial charge in [-0.25, -0.2) is 4.98 Å². The van der Waals surface area contributed by atoms with Crippen LogP contribution in [0, 0.1) is 11.3 Å². The van der Waals surface area contributed by atoms with Crippen LogP contribution in [0.3, 0.4) is 0 Å². The molecule has 0 N–H and O–H groups in total. The fourth-order valence-electron chi connectivity index (χ4n) is 3.48. The first-order chi connectivity index (χ1) is 14.6. The average Bonchev–Trinajstić information content (AvgIpc) is 3.33. The summed E-state index contributed by atoms with van der Waals surface area (Å²) in [5.41, 5.74) is 1.73. The molecule has 0 bridgehead atoms. The number of nitriles is 1. The Morgan fingerprint density at radius 3 is 2.73 bits per heavy atom. The lowest BCUT2D eigenvalue weighted by Gasteiger charge is -2.23. The number of carbonyl (C=O) groups excluding carboxylic acids is 1. The van der Waals surface area contributed by atoms with E-state index >= 15 is 0 Å². The van der Waals surface area contributed by atoms with Gasteiger partial charge in [-0.05, 0) is 42.8 Å². The molecule has 154 valence electrons. The van der Waals surface area contributed by atoms with Gasteiger partial charge in [0.15, 0.2) is 10.9 Å². The average molecular weight is 422 g/mol. The lowest BCUT2D eigenvalue weighted by molar-refractivity contribution is 0.0733. The maximum atomic E-state index is 12.9. The van der Waals surface area contributed by atoms with Crippen LogP contribution >= 0.6 is 11.8 Å². The van der Waals surface area contributed by atoms with Gasteiger partial charge in [-0.1, -0.05) is 11.8 Å².